The second-order valence-electron chi connectivity index (χ2n) is 5.84. The van der Waals surface area contributed by atoms with Crippen molar-refractivity contribution < 1.29 is 0 Å². The van der Waals surface area contributed by atoms with E-state index in [0.29, 0.717) is 6.04 Å². The van der Waals surface area contributed by atoms with Gasteiger partial charge in [-0.3, -0.25) is 4.90 Å². The first kappa shape index (κ1) is 12.0. The van der Waals surface area contributed by atoms with Gasteiger partial charge in [-0.15, -0.1) is 0 Å². The molecule has 0 spiro atoms. The first-order valence-corrected chi connectivity index (χ1v) is 7.27. The van der Waals surface area contributed by atoms with E-state index >= 15 is 0 Å². The highest BCUT2D eigenvalue weighted by Gasteiger charge is 2.38. The van der Waals surface area contributed by atoms with Crippen molar-refractivity contribution in [1.82, 2.24) is 4.90 Å². The lowest BCUT2D eigenvalue weighted by Crippen LogP contribution is -2.39. The molecule has 2 aliphatic rings. The van der Waals surface area contributed by atoms with E-state index in [1.165, 1.54) is 24.8 Å². The van der Waals surface area contributed by atoms with Crippen LogP contribution in [0.25, 0.3) is 5.57 Å². The first-order chi connectivity index (χ1) is 8.79. The molecule has 0 aliphatic heterocycles. The molecule has 0 aromatic heterocycles. The van der Waals surface area contributed by atoms with Crippen molar-refractivity contribution >= 4 is 5.57 Å². The Morgan fingerprint density at radius 2 is 1.94 bits per heavy atom. The molecule has 96 valence electrons. The molecule has 0 heterocycles. The highest BCUT2D eigenvalue weighted by atomic mass is 15.1. The molecule has 0 N–H and O–H groups in total. The predicted octanol–water partition coefficient (Wildman–Crippen LogP) is 3.82. The van der Waals surface area contributed by atoms with Gasteiger partial charge in [0.25, 0.3) is 0 Å². The average molecular weight is 241 g/mol. The van der Waals surface area contributed by atoms with Crippen molar-refractivity contribution in [3.63, 3.8) is 0 Å². The number of allylic oxidation sites excluding steroid dienone is 1. The van der Waals surface area contributed by atoms with E-state index in [9.17, 15) is 0 Å². The molecule has 0 radical (unpaired) electrons. The Morgan fingerprint density at radius 1 is 1.17 bits per heavy atom. The Kier molecular flexibility index (Phi) is 3.25. The number of nitrogens with zero attached hydrogens (tertiary/aromatic N) is 1. The molecule has 1 aromatic rings. The fourth-order valence-electron chi connectivity index (χ4n) is 3.79. The maximum atomic E-state index is 2.57. The molecule has 2 bridgehead atoms. The van der Waals surface area contributed by atoms with Crippen LogP contribution in [0.4, 0.5) is 0 Å². The minimum atomic E-state index is 0.635. The predicted molar refractivity (Wildman–Crippen MR) is 77.3 cm³/mol. The lowest BCUT2D eigenvalue weighted by molar-refractivity contribution is 0.226. The van der Waals surface area contributed by atoms with E-state index in [1.807, 2.05) is 0 Å². The molecule has 1 heteroatoms. The van der Waals surface area contributed by atoms with Gasteiger partial charge in [0.15, 0.2) is 0 Å². The van der Waals surface area contributed by atoms with Crippen LogP contribution in [0.15, 0.2) is 36.4 Å². The summed E-state index contributed by atoms with van der Waals surface area (Å²) in [5.41, 5.74) is 3.01. The Balaban J connectivity index is 1.99. The van der Waals surface area contributed by atoms with Crippen LogP contribution in [0.2, 0.25) is 0 Å². The number of benzene rings is 1. The molecule has 0 saturated heterocycles. The molecule has 0 amide bonds. The molecular formula is C17H23N. The summed E-state index contributed by atoms with van der Waals surface area (Å²) in [7, 11) is 2.28. The molecule has 3 atom stereocenters. The molecule has 1 fully saturated rings. The van der Waals surface area contributed by atoms with Crippen LogP contribution in [-0.2, 0) is 0 Å². The summed E-state index contributed by atoms with van der Waals surface area (Å²) < 4.78 is 0. The molecule has 1 aromatic carbocycles. The van der Waals surface area contributed by atoms with E-state index in [2.05, 4.69) is 55.3 Å². The number of hydrogen-bond donors (Lipinski definition) is 0. The van der Waals surface area contributed by atoms with Crippen LogP contribution in [0.3, 0.4) is 0 Å². The molecule has 3 rings (SSSR count). The zero-order chi connectivity index (χ0) is 12.5. The van der Waals surface area contributed by atoms with Gasteiger partial charge in [0.2, 0.25) is 0 Å². The highest BCUT2D eigenvalue weighted by Crippen LogP contribution is 2.45. The van der Waals surface area contributed by atoms with Crippen LogP contribution in [0.1, 0.15) is 31.7 Å². The molecule has 2 aliphatic carbocycles. The van der Waals surface area contributed by atoms with Crippen LogP contribution in [-0.4, -0.2) is 24.5 Å². The summed E-state index contributed by atoms with van der Waals surface area (Å²) in [6.07, 6.45) is 6.78. The third-order valence-electron chi connectivity index (χ3n) is 4.77. The zero-order valence-electron chi connectivity index (χ0n) is 11.5. The maximum absolute atomic E-state index is 2.57. The normalized spacial score (nSPS) is 30.6. The summed E-state index contributed by atoms with van der Waals surface area (Å²) in [6.45, 7) is 3.40. The number of hydrogen-bond acceptors (Lipinski definition) is 1. The summed E-state index contributed by atoms with van der Waals surface area (Å²) in [5.74, 6) is 1.71. The molecular weight excluding hydrogens is 218 g/mol. The van der Waals surface area contributed by atoms with Crippen molar-refractivity contribution in [2.24, 2.45) is 11.8 Å². The van der Waals surface area contributed by atoms with Gasteiger partial charge in [-0.25, -0.2) is 0 Å². The maximum Gasteiger partial charge on any atom is 0.0376 e. The summed E-state index contributed by atoms with van der Waals surface area (Å²) in [4.78, 5) is 2.53. The van der Waals surface area contributed by atoms with Gasteiger partial charge in [-0.1, -0.05) is 43.3 Å². The Bertz CT molecular complexity index is 434. The summed E-state index contributed by atoms with van der Waals surface area (Å²) in [6, 6.07) is 11.6. The van der Waals surface area contributed by atoms with Crippen LogP contribution >= 0.6 is 0 Å². The molecule has 1 nitrogen and oxygen atoms in total. The lowest BCUT2D eigenvalue weighted by atomic mass is 9.81. The average Bonchev–Trinajstić information content (AvgIpc) is 2.80. The van der Waals surface area contributed by atoms with E-state index in [4.69, 9.17) is 0 Å². The smallest absolute Gasteiger partial charge is 0.0376 e. The number of fused-ring (bicyclic) bond motifs is 2. The number of rotatable bonds is 3. The SMILES string of the molecule is CCN(C)[C@@H]1C(c2ccccc2)=CC2CCC1C2. The van der Waals surface area contributed by atoms with Crippen LogP contribution in [0.5, 0.6) is 0 Å². The van der Waals surface area contributed by atoms with Gasteiger partial charge in [-0.2, -0.15) is 0 Å². The third-order valence-corrected chi connectivity index (χ3v) is 4.77. The first-order valence-electron chi connectivity index (χ1n) is 7.27. The monoisotopic (exact) mass is 241 g/mol. The van der Waals surface area contributed by atoms with Gasteiger partial charge in [0, 0.05) is 6.04 Å². The Hall–Kier alpha value is -1.08. The fourth-order valence-corrected chi connectivity index (χ4v) is 3.79. The van der Waals surface area contributed by atoms with Crippen molar-refractivity contribution in [3.05, 3.63) is 42.0 Å². The highest BCUT2D eigenvalue weighted by molar-refractivity contribution is 5.71. The fraction of sp³-hybridized carbons (Fsp3) is 0.529. The molecule has 2 unspecified atom stereocenters. The Labute approximate surface area is 111 Å². The Morgan fingerprint density at radius 3 is 2.67 bits per heavy atom. The van der Waals surface area contributed by atoms with Crippen molar-refractivity contribution in [2.75, 3.05) is 13.6 Å². The lowest BCUT2D eigenvalue weighted by Gasteiger charge is -2.37. The van der Waals surface area contributed by atoms with Gasteiger partial charge in [0.05, 0.1) is 0 Å². The van der Waals surface area contributed by atoms with Gasteiger partial charge < -0.3 is 0 Å². The standard InChI is InChI=1S/C17H23N/c1-3-18(2)17-15-10-9-13(11-15)12-16(17)14-7-5-4-6-8-14/h4-8,12-13,15,17H,3,9-11H2,1-2H3/t13?,15?,17-/m0/s1. The van der Waals surface area contributed by atoms with Crippen LogP contribution < -0.4 is 0 Å². The van der Waals surface area contributed by atoms with E-state index in [0.717, 1.165) is 18.4 Å². The number of likely N-dealkylation sites (N-methyl/N-ethyl adjacent to an activating group) is 1. The topological polar surface area (TPSA) is 3.24 Å². The molecule has 1 saturated carbocycles. The van der Waals surface area contributed by atoms with E-state index in [-0.39, 0.29) is 0 Å². The van der Waals surface area contributed by atoms with E-state index in [1.54, 1.807) is 5.57 Å². The second kappa shape index (κ2) is 4.89. The molecule has 18 heavy (non-hydrogen) atoms. The van der Waals surface area contributed by atoms with Gasteiger partial charge in [-0.05, 0) is 55.8 Å². The van der Waals surface area contributed by atoms with Gasteiger partial charge >= 0.3 is 0 Å². The van der Waals surface area contributed by atoms with Gasteiger partial charge in [0.1, 0.15) is 0 Å². The van der Waals surface area contributed by atoms with Crippen LogP contribution in [0, 0.1) is 11.8 Å². The summed E-state index contributed by atoms with van der Waals surface area (Å²) in [5, 5.41) is 0. The minimum Gasteiger partial charge on any atom is -0.299 e. The third kappa shape index (κ3) is 2.01. The largest absolute Gasteiger partial charge is 0.299 e. The van der Waals surface area contributed by atoms with E-state index < -0.39 is 0 Å². The second-order valence-corrected chi connectivity index (χ2v) is 5.84. The van der Waals surface area contributed by atoms with Crippen molar-refractivity contribution in [3.8, 4) is 0 Å². The quantitative estimate of drug-likeness (QED) is 0.777. The van der Waals surface area contributed by atoms with Crippen molar-refractivity contribution in [2.45, 2.75) is 32.2 Å². The summed E-state index contributed by atoms with van der Waals surface area (Å²) >= 11 is 0. The zero-order valence-corrected chi connectivity index (χ0v) is 11.5. The van der Waals surface area contributed by atoms with Crippen molar-refractivity contribution in [1.29, 1.82) is 0 Å². The minimum absolute atomic E-state index is 0.635.